The number of para-hydroxylation sites is 1. The minimum Gasteiger partial charge on any atom is -0.309 e. The molecule has 4 bridgehead atoms. The first-order valence-corrected chi connectivity index (χ1v) is 26.3. The fraction of sp³-hybridized carbons (Fsp3) is 0.0308. The number of fused-ring (bicyclic) bond motifs is 17. The molecule has 5 nitrogen and oxygen atoms in total. The van der Waals surface area contributed by atoms with Gasteiger partial charge < -0.3 is 9.13 Å². The van der Waals surface area contributed by atoms with Crippen molar-refractivity contribution in [3.05, 3.63) is 248 Å². The number of aryl methyl sites for hydroxylation is 2. The molecule has 4 heterocycles. The summed E-state index contributed by atoms with van der Waals surface area (Å²) in [6, 6.07) is 86.4. The number of aromatic nitrogens is 5. The monoisotopic (exact) mass is 923 g/mol. The van der Waals surface area contributed by atoms with Crippen LogP contribution < -0.4 is 21.0 Å². The van der Waals surface area contributed by atoms with Crippen LogP contribution in [0.4, 0.5) is 0 Å². The van der Waals surface area contributed by atoms with E-state index in [2.05, 4.69) is 260 Å². The molecule has 0 radical (unpaired) electrons. The summed E-state index contributed by atoms with van der Waals surface area (Å²) in [7, 11) is -3.18. The van der Waals surface area contributed by atoms with Gasteiger partial charge in [0, 0.05) is 49.1 Å². The van der Waals surface area contributed by atoms with E-state index in [1.807, 2.05) is 0 Å². The number of nitrogens with zero attached hydrogens (tertiary/aromatic N) is 5. The Morgan fingerprint density at radius 1 is 0.310 bits per heavy atom. The van der Waals surface area contributed by atoms with Gasteiger partial charge in [0.25, 0.3) is 0 Å². The van der Waals surface area contributed by atoms with E-state index in [9.17, 15) is 0 Å². The molecule has 14 aromatic rings. The second-order valence-electron chi connectivity index (χ2n) is 18.9. The number of benzene rings is 10. The van der Waals surface area contributed by atoms with Crippen molar-refractivity contribution in [3.63, 3.8) is 0 Å². The Morgan fingerprint density at radius 3 is 1.28 bits per heavy atom. The summed E-state index contributed by atoms with van der Waals surface area (Å²) in [5.74, 6) is 0. The van der Waals surface area contributed by atoms with Gasteiger partial charge in [0.15, 0.2) is 11.3 Å². The van der Waals surface area contributed by atoms with Crippen molar-refractivity contribution in [3.8, 4) is 11.4 Å². The Kier molecular flexibility index (Phi) is 9.28. The van der Waals surface area contributed by atoms with Gasteiger partial charge in [-0.15, -0.1) is 0 Å². The van der Waals surface area contributed by atoms with E-state index in [0.717, 1.165) is 65.6 Å². The zero-order valence-corrected chi connectivity index (χ0v) is 40.3. The SMILES string of the molecule is Cc1ccc2c(c1)c1cc(C)ccc1n2-c1ccc2c(c1)c1cc3cc(c4ccccc4c4nc([Si](c5ccccc5)(c5ccccc5)c5ccccc5)nc(n4)c4ccccc34)c1n2-c1ccccc1. The maximum absolute atomic E-state index is 5.77. The molecular weight excluding hydrogens is 879 g/mol. The van der Waals surface area contributed by atoms with Crippen molar-refractivity contribution in [1.82, 2.24) is 24.1 Å². The number of rotatable bonds is 6. The van der Waals surface area contributed by atoms with E-state index < -0.39 is 8.07 Å². The molecule has 334 valence electrons. The standard InChI is InChI=1S/C65H45N5Si/c1-42-31-34-59-54(37-42)55-38-43(2)32-35-60(55)69(59)46-33-36-61-56(41-46)58-40-44-39-57(62(58)70(61)45-19-7-3-8-20-45)51-28-16-18-30-53(51)64-66-63(52-29-17-15-27-50(44)52)67-65(68-64)71(47-21-9-4-10-22-47,48-23-11-5-12-24-48)49-25-13-6-14-26-49/h3-41H,1-2H3. The van der Waals surface area contributed by atoms with E-state index >= 15 is 0 Å². The van der Waals surface area contributed by atoms with Gasteiger partial charge in [0.2, 0.25) is 8.07 Å². The Hall–Kier alpha value is -8.97. The Morgan fingerprint density at radius 2 is 0.732 bits per heavy atom. The van der Waals surface area contributed by atoms with Crippen molar-refractivity contribution in [2.24, 2.45) is 0 Å². The van der Waals surface area contributed by atoms with Crippen LogP contribution in [0, 0.1) is 13.8 Å². The Balaban J connectivity index is 1.17. The first kappa shape index (κ1) is 41.0. The zero-order chi connectivity index (χ0) is 47.2. The van der Waals surface area contributed by atoms with E-state index in [1.165, 1.54) is 53.9 Å². The second-order valence-corrected chi connectivity index (χ2v) is 22.6. The summed E-state index contributed by atoms with van der Waals surface area (Å²) < 4.78 is 4.90. The van der Waals surface area contributed by atoms with Crippen molar-refractivity contribution in [2.75, 3.05) is 0 Å². The Labute approximate surface area is 411 Å². The minimum absolute atomic E-state index is 0.650. The molecule has 0 N–H and O–H groups in total. The molecule has 6 heteroatoms. The summed E-state index contributed by atoms with van der Waals surface area (Å²) in [6.45, 7) is 4.36. The van der Waals surface area contributed by atoms with Crippen LogP contribution in [0.5, 0.6) is 0 Å². The van der Waals surface area contributed by atoms with Gasteiger partial charge in [-0.3, -0.25) is 0 Å². The fourth-order valence-electron chi connectivity index (χ4n) is 11.6. The average molecular weight is 924 g/mol. The van der Waals surface area contributed by atoms with Crippen LogP contribution in [-0.4, -0.2) is 32.2 Å². The van der Waals surface area contributed by atoms with Gasteiger partial charge in [0.05, 0.1) is 22.1 Å². The molecule has 0 atom stereocenters. The van der Waals surface area contributed by atoms with Crippen LogP contribution in [0.1, 0.15) is 11.1 Å². The molecule has 0 aliphatic rings. The molecule has 0 amide bonds. The third kappa shape index (κ3) is 6.28. The van der Waals surface area contributed by atoms with Crippen molar-refractivity contribution < 1.29 is 0 Å². The van der Waals surface area contributed by atoms with Crippen molar-refractivity contribution in [2.45, 2.75) is 13.8 Å². The predicted molar refractivity (Wildman–Crippen MR) is 300 cm³/mol. The van der Waals surface area contributed by atoms with E-state index in [-0.39, 0.29) is 0 Å². The lowest BCUT2D eigenvalue weighted by Gasteiger charge is -2.32. The topological polar surface area (TPSA) is 48.5 Å². The molecule has 0 unspecified atom stereocenters. The molecule has 4 aromatic heterocycles. The number of hydrogen-bond acceptors (Lipinski definition) is 3. The van der Waals surface area contributed by atoms with Gasteiger partial charge >= 0.3 is 0 Å². The maximum atomic E-state index is 5.77. The maximum Gasteiger partial charge on any atom is 0.226 e. The summed E-state index contributed by atoms with van der Waals surface area (Å²) >= 11 is 0. The quantitative estimate of drug-likeness (QED) is 0.123. The first-order valence-electron chi connectivity index (χ1n) is 24.3. The van der Waals surface area contributed by atoms with E-state index in [4.69, 9.17) is 15.0 Å². The van der Waals surface area contributed by atoms with Crippen LogP contribution in [0.2, 0.25) is 0 Å². The highest BCUT2D eigenvalue weighted by atomic mass is 28.3. The highest BCUT2D eigenvalue weighted by molar-refractivity contribution is 7.19. The van der Waals surface area contributed by atoms with Crippen LogP contribution in [0.15, 0.2) is 237 Å². The molecule has 0 saturated heterocycles. The van der Waals surface area contributed by atoms with Gasteiger partial charge in [-0.05, 0) is 112 Å². The predicted octanol–water partition coefficient (Wildman–Crippen LogP) is 13.2. The van der Waals surface area contributed by atoms with Gasteiger partial charge in [-0.2, -0.15) is 0 Å². The lowest BCUT2D eigenvalue weighted by atomic mass is 10.00. The average Bonchev–Trinajstić information content (AvgIpc) is 3.93. The Bertz CT molecular complexity index is 4310. The fourth-order valence-corrected chi connectivity index (χ4v) is 16.0. The van der Waals surface area contributed by atoms with E-state index in [1.54, 1.807) is 0 Å². The summed E-state index contributed by atoms with van der Waals surface area (Å²) in [4.78, 5) is 17.0. The van der Waals surface area contributed by atoms with Crippen molar-refractivity contribution >= 4 is 116 Å². The number of hydrogen-bond donors (Lipinski definition) is 0. The molecule has 0 spiro atoms. The van der Waals surface area contributed by atoms with Gasteiger partial charge in [0.1, 0.15) is 5.45 Å². The molecule has 0 saturated carbocycles. The van der Waals surface area contributed by atoms with E-state index in [0.29, 0.717) is 11.3 Å². The molecule has 71 heavy (non-hydrogen) atoms. The molecule has 10 aromatic carbocycles. The lowest BCUT2D eigenvalue weighted by Crippen LogP contribution is -2.76. The molecular formula is C65H45N5Si. The molecule has 0 aliphatic carbocycles. The van der Waals surface area contributed by atoms with Crippen LogP contribution in [-0.2, 0) is 0 Å². The largest absolute Gasteiger partial charge is 0.309 e. The van der Waals surface area contributed by atoms with Gasteiger partial charge in [-0.1, -0.05) is 181 Å². The van der Waals surface area contributed by atoms with Crippen molar-refractivity contribution in [1.29, 1.82) is 0 Å². The first-order chi connectivity index (χ1) is 35.0. The highest BCUT2D eigenvalue weighted by Crippen LogP contribution is 2.42. The normalized spacial score (nSPS) is 12.1. The molecule has 0 fully saturated rings. The van der Waals surface area contributed by atoms with Gasteiger partial charge in [-0.25, -0.2) is 15.0 Å². The zero-order valence-electron chi connectivity index (χ0n) is 39.3. The second kappa shape index (κ2) is 16.1. The summed E-state index contributed by atoms with van der Waals surface area (Å²) in [5, 5.41) is 14.7. The smallest absolute Gasteiger partial charge is 0.226 e. The highest BCUT2D eigenvalue weighted by Gasteiger charge is 2.45. The van der Waals surface area contributed by atoms with Crippen LogP contribution in [0.25, 0.3) is 98.6 Å². The lowest BCUT2D eigenvalue weighted by molar-refractivity contribution is 1.17. The summed E-state index contributed by atoms with van der Waals surface area (Å²) in [6.07, 6.45) is 0. The molecule has 0 aliphatic heterocycles. The minimum atomic E-state index is -3.18. The summed E-state index contributed by atoms with van der Waals surface area (Å²) in [5.41, 5.74) is 11.5. The van der Waals surface area contributed by atoms with Crippen LogP contribution in [0.3, 0.4) is 0 Å². The third-order valence-corrected chi connectivity index (χ3v) is 19.2. The third-order valence-electron chi connectivity index (χ3n) is 14.7. The van der Waals surface area contributed by atoms with Crippen LogP contribution >= 0.6 is 0 Å². The molecule has 14 rings (SSSR count).